The zero-order valence-corrected chi connectivity index (χ0v) is 12.5. The molecule has 0 bridgehead atoms. The number of carbonyl (C=O) groups excluding carboxylic acids is 1. The van der Waals surface area contributed by atoms with Crippen molar-refractivity contribution < 1.29 is 17.6 Å². The molecular weight excluding hydrogens is 295 g/mol. The number of nitrogens with one attached hydrogen (secondary N) is 1. The van der Waals surface area contributed by atoms with Gasteiger partial charge in [-0.1, -0.05) is 12.1 Å². The first-order valence-electron chi connectivity index (χ1n) is 6.96. The van der Waals surface area contributed by atoms with Crippen LogP contribution in [0.2, 0.25) is 0 Å². The standard InChI is InChI=1S/C14H19FN2O3S/c15-13-5-3-12(4-6-13)7-8-16-14(18)11-17-9-1-2-10-21(17,19)20/h3-6H,1-2,7-11H2,(H,16,18). The number of carbonyl (C=O) groups is 1. The van der Waals surface area contributed by atoms with Crippen LogP contribution < -0.4 is 5.32 Å². The van der Waals surface area contributed by atoms with E-state index in [2.05, 4.69) is 5.32 Å². The van der Waals surface area contributed by atoms with Crippen LogP contribution in [-0.2, 0) is 21.2 Å². The van der Waals surface area contributed by atoms with Crippen molar-refractivity contribution >= 4 is 15.9 Å². The molecule has 7 heteroatoms. The Morgan fingerprint density at radius 3 is 2.62 bits per heavy atom. The van der Waals surface area contributed by atoms with Crippen LogP contribution >= 0.6 is 0 Å². The van der Waals surface area contributed by atoms with Crippen LogP contribution in [0.1, 0.15) is 18.4 Å². The highest BCUT2D eigenvalue weighted by molar-refractivity contribution is 7.89. The smallest absolute Gasteiger partial charge is 0.235 e. The van der Waals surface area contributed by atoms with Gasteiger partial charge >= 0.3 is 0 Å². The maximum atomic E-state index is 12.7. The predicted molar refractivity (Wildman–Crippen MR) is 77.7 cm³/mol. The summed E-state index contributed by atoms with van der Waals surface area (Å²) in [5.74, 6) is -0.476. The van der Waals surface area contributed by atoms with Gasteiger partial charge in [0.05, 0.1) is 12.3 Å². The first-order chi connectivity index (χ1) is 9.97. The zero-order valence-electron chi connectivity index (χ0n) is 11.7. The summed E-state index contributed by atoms with van der Waals surface area (Å²) in [6.07, 6.45) is 2.03. The lowest BCUT2D eigenvalue weighted by molar-refractivity contribution is -0.121. The van der Waals surface area contributed by atoms with Crippen molar-refractivity contribution in [1.82, 2.24) is 9.62 Å². The number of halogens is 1. The molecule has 1 aromatic rings. The Labute approximate surface area is 124 Å². The van der Waals surface area contributed by atoms with Crippen molar-refractivity contribution in [2.24, 2.45) is 0 Å². The fourth-order valence-electron chi connectivity index (χ4n) is 2.23. The second-order valence-corrected chi connectivity index (χ2v) is 7.17. The summed E-state index contributed by atoms with van der Waals surface area (Å²) in [7, 11) is -3.27. The van der Waals surface area contributed by atoms with Crippen LogP contribution in [0.5, 0.6) is 0 Å². The lowest BCUT2D eigenvalue weighted by Gasteiger charge is -2.25. The summed E-state index contributed by atoms with van der Waals surface area (Å²) in [4.78, 5) is 11.8. The van der Waals surface area contributed by atoms with Gasteiger partial charge in [-0.2, -0.15) is 4.31 Å². The van der Waals surface area contributed by atoms with E-state index in [1.165, 1.54) is 16.4 Å². The van der Waals surface area contributed by atoms with E-state index < -0.39 is 10.0 Å². The number of rotatable bonds is 5. The van der Waals surface area contributed by atoms with Gasteiger partial charge in [-0.25, -0.2) is 12.8 Å². The van der Waals surface area contributed by atoms with E-state index in [9.17, 15) is 17.6 Å². The third-order valence-corrected chi connectivity index (χ3v) is 5.33. The molecule has 21 heavy (non-hydrogen) atoms. The van der Waals surface area contributed by atoms with Crippen LogP contribution in [0.3, 0.4) is 0 Å². The molecule has 0 radical (unpaired) electrons. The van der Waals surface area contributed by atoms with Gasteiger partial charge in [0.1, 0.15) is 5.82 Å². The molecule has 1 heterocycles. The van der Waals surface area contributed by atoms with Gasteiger partial charge in [0.2, 0.25) is 15.9 Å². The van der Waals surface area contributed by atoms with Crippen LogP contribution in [0.4, 0.5) is 4.39 Å². The number of hydrogen-bond acceptors (Lipinski definition) is 3. The van der Waals surface area contributed by atoms with Crippen molar-refractivity contribution in [2.45, 2.75) is 19.3 Å². The van der Waals surface area contributed by atoms with Gasteiger partial charge in [-0.3, -0.25) is 4.79 Å². The lowest BCUT2D eigenvalue weighted by Crippen LogP contribution is -2.44. The maximum Gasteiger partial charge on any atom is 0.235 e. The maximum absolute atomic E-state index is 12.7. The average molecular weight is 314 g/mol. The van der Waals surface area contributed by atoms with Gasteiger partial charge in [0.15, 0.2) is 0 Å². The van der Waals surface area contributed by atoms with E-state index in [-0.39, 0.29) is 24.0 Å². The molecule has 1 aromatic carbocycles. The highest BCUT2D eigenvalue weighted by atomic mass is 32.2. The Bertz CT molecular complexity index is 587. The van der Waals surface area contributed by atoms with E-state index >= 15 is 0 Å². The SMILES string of the molecule is O=C(CN1CCCCS1(=O)=O)NCCc1ccc(F)cc1. The fraction of sp³-hybridized carbons (Fsp3) is 0.500. The molecule has 2 rings (SSSR count). The van der Waals surface area contributed by atoms with E-state index in [4.69, 9.17) is 0 Å². The lowest BCUT2D eigenvalue weighted by atomic mass is 10.1. The van der Waals surface area contributed by atoms with Crippen LogP contribution in [-0.4, -0.2) is 44.0 Å². The number of sulfonamides is 1. The number of amides is 1. The van der Waals surface area contributed by atoms with E-state index in [1.54, 1.807) is 12.1 Å². The number of benzene rings is 1. The quantitative estimate of drug-likeness (QED) is 0.878. The van der Waals surface area contributed by atoms with Crippen LogP contribution in [0, 0.1) is 5.82 Å². The molecule has 0 aromatic heterocycles. The highest BCUT2D eigenvalue weighted by Gasteiger charge is 2.27. The molecule has 1 fully saturated rings. The highest BCUT2D eigenvalue weighted by Crippen LogP contribution is 2.12. The van der Waals surface area contributed by atoms with E-state index in [0.29, 0.717) is 25.9 Å². The molecule has 0 aliphatic carbocycles. The molecule has 1 N–H and O–H groups in total. The molecule has 1 amide bonds. The largest absolute Gasteiger partial charge is 0.355 e. The van der Waals surface area contributed by atoms with Crippen molar-refractivity contribution in [1.29, 1.82) is 0 Å². The second-order valence-electron chi connectivity index (χ2n) is 5.08. The van der Waals surface area contributed by atoms with Crippen molar-refractivity contribution in [3.63, 3.8) is 0 Å². The average Bonchev–Trinajstić information content (AvgIpc) is 2.43. The molecule has 116 valence electrons. The fourth-order valence-corrected chi connectivity index (χ4v) is 3.78. The molecule has 0 saturated carbocycles. The molecule has 0 unspecified atom stereocenters. The van der Waals surface area contributed by atoms with Gasteiger partial charge in [-0.05, 0) is 37.0 Å². The Morgan fingerprint density at radius 1 is 1.24 bits per heavy atom. The first-order valence-corrected chi connectivity index (χ1v) is 8.57. The summed E-state index contributed by atoms with van der Waals surface area (Å²) < 4.78 is 37.5. The third-order valence-electron chi connectivity index (χ3n) is 3.42. The number of nitrogens with zero attached hydrogens (tertiary/aromatic N) is 1. The van der Waals surface area contributed by atoms with Gasteiger partial charge in [-0.15, -0.1) is 0 Å². The monoisotopic (exact) mass is 314 g/mol. The van der Waals surface area contributed by atoms with E-state index in [1.807, 2.05) is 0 Å². The van der Waals surface area contributed by atoms with Gasteiger partial charge in [0, 0.05) is 13.1 Å². The minimum absolute atomic E-state index is 0.119. The Morgan fingerprint density at radius 2 is 1.95 bits per heavy atom. The summed E-state index contributed by atoms with van der Waals surface area (Å²) in [6, 6.07) is 6.07. The summed E-state index contributed by atoms with van der Waals surface area (Å²) in [5, 5.41) is 2.69. The van der Waals surface area contributed by atoms with E-state index in [0.717, 1.165) is 12.0 Å². The minimum Gasteiger partial charge on any atom is -0.355 e. The summed E-state index contributed by atoms with van der Waals surface area (Å²) >= 11 is 0. The van der Waals surface area contributed by atoms with Gasteiger partial charge < -0.3 is 5.32 Å². The Kier molecular flexibility index (Phi) is 5.30. The second kappa shape index (κ2) is 7.00. The van der Waals surface area contributed by atoms with Crippen molar-refractivity contribution in [3.8, 4) is 0 Å². The van der Waals surface area contributed by atoms with Gasteiger partial charge in [0.25, 0.3) is 0 Å². The molecule has 0 spiro atoms. The zero-order chi connectivity index (χ0) is 15.3. The molecule has 5 nitrogen and oxygen atoms in total. The Balaban J connectivity index is 1.76. The van der Waals surface area contributed by atoms with Crippen LogP contribution in [0.15, 0.2) is 24.3 Å². The summed E-state index contributed by atoms with van der Waals surface area (Å²) in [6.45, 7) is 0.692. The predicted octanol–water partition coefficient (Wildman–Crippen LogP) is 0.910. The topological polar surface area (TPSA) is 66.5 Å². The minimum atomic E-state index is -3.27. The van der Waals surface area contributed by atoms with Crippen LogP contribution in [0.25, 0.3) is 0 Å². The first kappa shape index (κ1) is 15.9. The third kappa shape index (κ3) is 4.78. The molecule has 1 aliphatic heterocycles. The number of hydrogen-bond donors (Lipinski definition) is 1. The molecule has 1 aliphatic rings. The Hall–Kier alpha value is -1.47. The molecule has 1 saturated heterocycles. The summed E-state index contributed by atoms with van der Waals surface area (Å²) in [5.41, 5.74) is 0.919. The van der Waals surface area contributed by atoms with Crippen molar-refractivity contribution in [2.75, 3.05) is 25.4 Å². The molecule has 0 atom stereocenters. The van der Waals surface area contributed by atoms with Crippen molar-refractivity contribution in [3.05, 3.63) is 35.6 Å². The normalized spacial score (nSPS) is 18.3. The molecular formula is C14H19FN2O3S.